The van der Waals surface area contributed by atoms with Crippen molar-refractivity contribution in [2.45, 2.75) is 83.2 Å². The van der Waals surface area contributed by atoms with E-state index in [0.29, 0.717) is 38.8 Å². The van der Waals surface area contributed by atoms with Crippen molar-refractivity contribution in [3.63, 3.8) is 0 Å². The predicted octanol–water partition coefficient (Wildman–Crippen LogP) is 14.1. The zero-order valence-corrected chi connectivity index (χ0v) is 72.1. The number of benzene rings is 5. The molecule has 612 valence electrons. The lowest BCUT2D eigenvalue weighted by atomic mass is 10.0. The van der Waals surface area contributed by atoms with E-state index in [1.54, 1.807) is 38.6 Å². The Morgan fingerprint density at radius 2 is 1.02 bits per heavy atom. The molecule has 13 rings (SSSR count). The molecule has 0 unspecified atom stereocenters. The van der Waals surface area contributed by atoms with Gasteiger partial charge in [0.2, 0.25) is 11.2 Å². The number of aliphatic hydroxyl groups excluding tert-OH is 1. The van der Waals surface area contributed by atoms with Crippen LogP contribution in [0.3, 0.4) is 0 Å². The second-order valence-corrected chi connectivity index (χ2v) is 38.6. The number of methoxy groups -OCH3 is 2. The average Bonchev–Trinajstić information content (AvgIpc) is 1.67. The quantitative estimate of drug-likeness (QED) is 0.0144. The summed E-state index contributed by atoms with van der Waals surface area (Å²) in [6.07, 6.45) is 13.8. The van der Waals surface area contributed by atoms with Gasteiger partial charge in [0.25, 0.3) is 10.1 Å². The maximum absolute atomic E-state index is 15.8. The fourth-order valence-electron chi connectivity index (χ4n) is 13.6. The summed E-state index contributed by atoms with van der Waals surface area (Å²) in [5, 5.41) is 24.9. The summed E-state index contributed by atoms with van der Waals surface area (Å²) >= 11 is 12.5. The van der Waals surface area contributed by atoms with Gasteiger partial charge in [-0.25, -0.2) is 36.9 Å². The van der Waals surface area contributed by atoms with E-state index in [2.05, 4.69) is 154 Å². The third-order valence-corrected chi connectivity index (χ3v) is 24.9. The highest BCUT2D eigenvalue weighted by molar-refractivity contribution is 9.11. The molecule has 0 atom stereocenters. The third-order valence-electron chi connectivity index (χ3n) is 19.7. The molecule has 113 heavy (non-hydrogen) atoms. The Balaban J connectivity index is 0.000000189. The topological polar surface area (TPSA) is 296 Å². The summed E-state index contributed by atoms with van der Waals surface area (Å²) in [6, 6.07) is 21.5. The Kier molecular flexibility index (Phi) is 31.7. The molecule has 0 bridgehead atoms. The van der Waals surface area contributed by atoms with Gasteiger partial charge in [0.1, 0.15) is 48.8 Å². The number of nitrogen functional groups attached to an aromatic ring is 1. The number of nitrogens with zero attached hydrogens (tertiary/aromatic N) is 14. The fraction of sp³-hybridized carbons (Fsp3) is 0.429. The SMILES string of the molecule is CCCCO.COc1cc(N2CCC(N3CCN(C)CC3)CC2)c(C)cc1N.COc1cc(N2CCC(N3CCN(C)CC3)CC2)c(C)cc1Nc1ncc(Br)c(Nc2ccc(-n3cc(F)cn3)c(F)c2P(C)(C)=O)n1.CP(C)(=O)c1c(Nc2nc(Cl)ncc2Br)ccc(-n2cc(F)cn2)c1F.Cc1ccc(S(=O)(=O)O)cc1. The number of aliphatic hydroxyl groups is 1. The highest BCUT2D eigenvalue weighted by atomic mass is 79.9. The standard InChI is InChI=1S/C33H41BrF2N9O2P.C18H30N4O.C15H12BrClF2N5OP.C7H8O3S.C4H10O/c1-21-16-26(29(47-3)17-28(21)44-10-8-23(9-11-44)43-14-12-42(2)13-15-43)40-33-37-19-24(34)32(41-33)39-25-6-7-27(45-20-22(35)18-38-45)30(36)31(25)48(4,5)46;1-14-12-16(19)18(23-3)13-17(14)22-6-4-15(5-7-22)21-10-8-20(2)9-11-21;1-26(2,25)13-10(22-14-9(16)6-20-15(17)23-14)3-4-11(12(13)19)24-7-8(18)5-21-24;1-6-2-4-7(5-3-6)11(8,9)10;1-2-3-4-5/h6-7,16-20,23H,8-15H2,1-5H3,(H2,37,39,40,41);12-13,15H,4-11,19H2,1-3H3;3-7H,1-2H3,(H,20,22,23);2-5H,1H3,(H,8,9,10);5H,2-4H2,1H3. The minimum Gasteiger partial charge on any atom is -0.495 e. The maximum atomic E-state index is 15.8. The minimum absolute atomic E-state index is 0.00228. The average molecular weight is 1770 g/mol. The van der Waals surface area contributed by atoms with Gasteiger partial charge in [-0.2, -0.15) is 28.6 Å². The number of aryl methyl sites for hydroxylation is 3. The van der Waals surface area contributed by atoms with Crippen LogP contribution in [-0.2, 0) is 19.2 Å². The first-order valence-corrected chi connectivity index (χ1v) is 45.5. The van der Waals surface area contributed by atoms with Crippen LogP contribution in [0.1, 0.15) is 62.1 Å². The molecule has 36 heteroatoms. The fourth-order valence-corrected chi connectivity index (χ4v) is 17.4. The summed E-state index contributed by atoms with van der Waals surface area (Å²) in [7, 11) is -2.52. The van der Waals surface area contributed by atoms with E-state index in [9.17, 15) is 26.3 Å². The number of unbranched alkanes of at least 4 members (excludes halogenated alkanes) is 1. The van der Waals surface area contributed by atoms with Crippen LogP contribution in [0, 0.1) is 44.0 Å². The normalized spacial score (nSPS) is 15.7. The van der Waals surface area contributed by atoms with Crippen LogP contribution < -0.4 is 51.6 Å². The van der Waals surface area contributed by atoms with Gasteiger partial charge in [0, 0.05) is 133 Å². The Labute approximate surface area is 681 Å². The molecule has 4 saturated heterocycles. The van der Waals surface area contributed by atoms with Gasteiger partial charge in [-0.1, -0.05) is 31.0 Å². The van der Waals surface area contributed by atoms with Gasteiger partial charge in [-0.15, -0.1) is 0 Å². The molecule has 0 aliphatic carbocycles. The van der Waals surface area contributed by atoms with Crippen LogP contribution in [0.5, 0.6) is 11.5 Å². The van der Waals surface area contributed by atoms with Crippen molar-refractivity contribution >= 4 is 130 Å². The third kappa shape index (κ3) is 24.2. The maximum Gasteiger partial charge on any atom is 0.294 e. The number of likely N-dealkylation sites (N-methyl/N-ethyl adjacent to an activating group) is 2. The van der Waals surface area contributed by atoms with E-state index in [1.165, 1.54) is 113 Å². The number of piperazine rings is 2. The van der Waals surface area contributed by atoms with Crippen LogP contribution in [0.15, 0.2) is 124 Å². The lowest BCUT2D eigenvalue weighted by Gasteiger charge is -2.43. The monoisotopic (exact) mass is 1770 g/mol. The first-order valence-electron chi connectivity index (χ1n) is 36.9. The Bertz CT molecular complexity index is 4920. The molecule has 7 N–H and O–H groups in total. The zero-order valence-electron chi connectivity index (χ0n) is 65.6. The van der Waals surface area contributed by atoms with E-state index >= 15 is 8.78 Å². The molecule has 4 aliphatic rings. The van der Waals surface area contributed by atoms with Crippen LogP contribution in [0.2, 0.25) is 5.28 Å². The summed E-state index contributed by atoms with van der Waals surface area (Å²) in [4.78, 5) is 31.9. The molecule has 0 saturated carbocycles. The Morgan fingerprint density at radius 1 is 0.584 bits per heavy atom. The Morgan fingerprint density at radius 3 is 1.42 bits per heavy atom. The minimum atomic E-state index is -4.02. The van der Waals surface area contributed by atoms with E-state index in [-0.39, 0.29) is 55.3 Å². The van der Waals surface area contributed by atoms with Crippen LogP contribution in [0.25, 0.3) is 11.4 Å². The summed E-state index contributed by atoms with van der Waals surface area (Å²) in [5.41, 5.74) is 13.6. The smallest absolute Gasteiger partial charge is 0.294 e. The van der Waals surface area contributed by atoms with E-state index < -0.39 is 47.7 Å². The van der Waals surface area contributed by atoms with Crippen molar-refractivity contribution in [3.05, 3.63) is 164 Å². The molecule has 4 aromatic heterocycles. The Hall–Kier alpha value is -7.78. The number of nitrogens with two attached hydrogens (primary N) is 1. The van der Waals surface area contributed by atoms with Gasteiger partial charge in [0.05, 0.1) is 86.2 Å². The summed E-state index contributed by atoms with van der Waals surface area (Å²) in [6.45, 7) is 27.9. The van der Waals surface area contributed by atoms with Crippen molar-refractivity contribution < 1.29 is 54.2 Å². The number of nitrogens with one attached hydrogen (secondary N) is 3. The second-order valence-electron chi connectivity index (χ2n) is 28.8. The van der Waals surface area contributed by atoms with Gasteiger partial charge in [0.15, 0.2) is 23.3 Å². The first-order chi connectivity index (χ1) is 53.6. The lowest BCUT2D eigenvalue weighted by molar-refractivity contribution is 0.0982. The predicted molar refractivity (Wildman–Crippen MR) is 451 cm³/mol. The molecular formula is C77H101Br2ClF4N18O8P2S. The van der Waals surface area contributed by atoms with E-state index in [0.717, 1.165) is 146 Å². The number of rotatable bonds is 19. The molecular weight excluding hydrogens is 1670 g/mol. The lowest BCUT2D eigenvalue weighted by Crippen LogP contribution is -2.52. The van der Waals surface area contributed by atoms with Crippen LogP contribution in [0.4, 0.5) is 69.3 Å². The van der Waals surface area contributed by atoms with E-state index in [1.807, 2.05) is 19.1 Å². The second kappa shape index (κ2) is 40.2. The first kappa shape index (κ1) is 89.2. The molecule has 4 aliphatic heterocycles. The summed E-state index contributed by atoms with van der Waals surface area (Å²) in [5.74, 6) is -0.400. The van der Waals surface area contributed by atoms with Crippen molar-refractivity contribution in [2.24, 2.45) is 0 Å². The molecule has 8 heterocycles. The van der Waals surface area contributed by atoms with Gasteiger partial charge < -0.3 is 65.0 Å². The molecule has 0 amide bonds. The highest BCUT2D eigenvalue weighted by Gasteiger charge is 2.32. The molecule has 0 spiro atoms. The molecule has 26 nitrogen and oxygen atoms in total. The number of piperidine rings is 2. The number of hydrogen-bond acceptors (Lipinski definition) is 23. The zero-order chi connectivity index (χ0) is 82.2. The van der Waals surface area contributed by atoms with Crippen molar-refractivity contribution in [2.75, 3.05) is 172 Å². The number of aromatic nitrogens is 8. The largest absolute Gasteiger partial charge is 0.495 e. The number of anilines is 9. The van der Waals surface area contributed by atoms with Gasteiger partial charge in [-0.3, -0.25) is 14.4 Å². The molecule has 5 aromatic carbocycles. The highest BCUT2D eigenvalue weighted by Crippen LogP contribution is 2.44. The van der Waals surface area contributed by atoms with Gasteiger partial charge in [-0.05, 0) is 197 Å². The van der Waals surface area contributed by atoms with E-state index in [4.69, 9.17) is 36.5 Å². The van der Waals surface area contributed by atoms with Crippen molar-refractivity contribution in [3.8, 4) is 22.9 Å². The number of halogens is 7. The van der Waals surface area contributed by atoms with Gasteiger partial charge >= 0.3 is 0 Å². The van der Waals surface area contributed by atoms with Crippen molar-refractivity contribution in [1.82, 2.24) is 59.1 Å². The molecule has 0 radical (unpaired) electrons. The molecule has 4 fully saturated rings. The van der Waals surface area contributed by atoms with Crippen LogP contribution in [-0.4, -0.2) is 229 Å². The molecule has 9 aromatic rings. The van der Waals surface area contributed by atoms with Crippen LogP contribution >= 0.6 is 57.7 Å². The van der Waals surface area contributed by atoms with Crippen molar-refractivity contribution in [1.29, 1.82) is 0 Å². The number of ether oxygens (including phenoxy) is 2. The summed E-state index contributed by atoms with van der Waals surface area (Å²) < 4.78 is 128. The number of hydrogen-bond donors (Lipinski definition) is 6.